The summed E-state index contributed by atoms with van der Waals surface area (Å²) in [7, 11) is 0. The number of thiazole rings is 1. The van der Waals surface area contributed by atoms with Crippen molar-refractivity contribution in [3.05, 3.63) is 15.6 Å². The molecule has 1 aromatic heterocycles. The fourth-order valence-electron chi connectivity index (χ4n) is 3.35. The molecular weight excluding hydrogens is 280 g/mol. The molecule has 1 aliphatic heterocycles. The van der Waals surface area contributed by atoms with Crippen LogP contribution in [-0.2, 0) is 16.7 Å². The van der Waals surface area contributed by atoms with E-state index in [9.17, 15) is 0 Å². The third-order valence-corrected chi connectivity index (χ3v) is 5.68. The predicted molar refractivity (Wildman–Crippen MR) is 87.8 cm³/mol. The van der Waals surface area contributed by atoms with Gasteiger partial charge in [0, 0.05) is 29.5 Å². The zero-order valence-corrected chi connectivity index (χ0v) is 14.4. The van der Waals surface area contributed by atoms with E-state index in [0.29, 0.717) is 6.04 Å². The first-order valence-corrected chi connectivity index (χ1v) is 9.21. The number of nitrogens with one attached hydrogen (secondary N) is 1. The van der Waals surface area contributed by atoms with Crippen molar-refractivity contribution < 1.29 is 4.74 Å². The second kappa shape index (κ2) is 6.35. The highest BCUT2D eigenvalue weighted by atomic mass is 32.1. The molecule has 3 rings (SSSR count). The normalized spacial score (nSPS) is 24.0. The van der Waals surface area contributed by atoms with Gasteiger partial charge in [0.05, 0.1) is 5.69 Å². The minimum absolute atomic E-state index is 0.111. The van der Waals surface area contributed by atoms with Crippen molar-refractivity contribution >= 4 is 11.3 Å². The Morgan fingerprint density at radius 2 is 1.95 bits per heavy atom. The van der Waals surface area contributed by atoms with Gasteiger partial charge in [-0.15, -0.1) is 11.3 Å². The van der Waals surface area contributed by atoms with Gasteiger partial charge < -0.3 is 10.1 Å². The fourth-order valence-corrected chi connectivity index (χ4v) is 4.66. The van der Waals surface area contributed by atoms with E-state index in [-0.39, 0.29) is 11.5 Å². The van der Waals surface area contributed by atoms with Gasteiger partial charge in [0.25, 0.3) is 0 Å². The van der Waals surface area contributed by atoms with Crippen LogP contribution in [0.5, 0.6) is 0 Å². The predicted octanol–water partition coefficient (Wildman–Crippen LogP) is 4.32. The molecule has 2 aliphatic rings. The molecule has 1 aliphatic carbocycles. The molecule has 4 heteroatoms. The highest BCUT2D eigenvalue weighted by Crippen LogP contribution is 2.37. The van der Waals surface area contributed by atoms with E-state index in [2.05, 4.69) is 26.1 Å². The average molecular weight is 308 g/mol. The molecule has 1 atom stereocenters. The Morgan fingerprint density at radius 1 is 1.19 bits per heavy atom. The SMILES string of the molecule is CC(C)(C)c1nc(C2CCCO2)sc1CNC1CCCC1. The first-order chi connectivity index (χ1) is 10.0. The van der Waals surface area contributed by atoms with E-state index < -0.39 is 0 Å². The van der Waals surface area contributed by atoms with E-state index in [4.69, 9.17) is 9.72 Å². The molecule has 1 N–H and O–H groups in total. The van der Waals surface area contributed by atoms with Gasteiger partial charge in [0.15, 0.2) is 0 Å². The molecule has 1 saturated heterocycles. The molecular formula is C17H28N2OS. The minimum atomic E-state index is 0.111. The monoisotopic (exact) mass is 308 g/mol. The Bertz CT molecular complexity index is 466. The zero-order chi connectivity index (χ0) is 14.9. The van der Waals surface area contributed by atoms with Crippen molar-refractivity contribution in [2.75, 3.05) is 6.61 Å². The van der Waals surface area contributed by atoms with Crippen molar-refractivity contribution in [3.8, 4) is 0 Å². The molecule has 2 fully saturated rings. The van der Waals surface area contributed by atoms with Crippen LogP contribution in [0.1, 0.15) is 81.0 Å². The summed E-state index contributed by atoms with van der Waals surface area (Å²) >= 11 is 1.87. The van der Waals surface area contributed by atoms with Crippen LogP contribution in [0.15, 0.2) is 0 Å². The first kappa shape index (κ1) is 15.4. The Kier molecular flexibility index (Phi) is 4.67. The van der Waals surface area contributed by atoms with Crippen LogP contribution >= 0.6 is 11.3 Å². The van der Waals surface area contributed by atoms with E-state index >= 15 is 0 Å². The van der Waals surface area contributed by atoms with Crippen molar-refractivity contribution in [1.82, 2.24) is 10.3 Å². The highest BCUT2D eigenvalue weighted by molar-refractivity contribution is 7.11. The van der Waals surface area contributed by atoms with Gasteiger partial charge in [0.2, 0.25) is 0 Å². The highest BCUT2D eigenvalue weighted by Gasteiger charge is 2.28. The molecule has 0 spiro atoms. The van der Waals surface area contributed by atoms with Crippen LogP contribution in [0.3, 0.4) is 0 Å². The summed E-state index contributed by atoms with van der Waals surface area (Å²) in [5.74, 6) is 0. The molecule has 0 aromatic carbocycles. The lowest BCUT2D eigenvalue weighted by Gasteiger charge is -2.19. The summed E-state index contributed by atoms with van der Waals surface area (Å²) in [6.07, 6.45) is 7.99. The fraction of sp³-hybridized carbons (Fsp3) is 0.824. The summed E-state index contributed by atoms with van der Waals surface area (Å²) in [5.41, 5.74) is 1.38. The van der Waals surface area contributed by atoms with Gasteiger partial charge >= 0.3 is 0 Å². The number of hydrogen-bond acceptors (Lipinski definition) is 4. The molecule has 1 saturated carbocycles. The van der Waals surface area contributed by atoms with Gasteiger partial charge in [-0.3, -0.25) is 0 Å². The van der Waals surface area contributed by atoms with Crippen molar-refractivity contribution in [2.24, 2.45) is 0 Å². The second-order valence-electron chi connectivity index (χ2n) is 7.44. The standard InChI is InChI=1S/C17H28N2OS/c1-17(2,3)15-14(11-18-12-7-4-5-8-12)21-16(19-15)13-9-6-10-20-13/h12-13,18H,4-11H2,1-3H3. The van der Waals surface area contributed by atoms with Crippen LogP contribution in [0.4, 0.5) is 0 Å². The van der Waals surface area contributed by atoms with Crippen LogP contribution in [0, 0.1) is 0 Å². The summed E-state index contributed by atoms with van der Waals surface area (Å²) in [4.78, 5) is 6.38. The average Bonchev–Trinajstić information content (AvgIpc) is 3.16. The molecule has 3 nitrogen and oxygen atoms in total. The van der Waals surface area contributed by atoms with E-state index in [1.807, 2.05) is 11.3 Å². The van der Waals surface area contributed by atoms with Crippen LogP contribution in [0.2, 0.25) is 0 Å². The Balaban J connectivity index is 1.75. The topological polar surface area (TPSA) is 34.1 Å². The van der Waals surface area contributed by atoms with Gasteiger partial charge in [-0.1, -0.05) is 33.6 Å². The zero-order valence-electron chi connectivity index (χ0n) is 13.6. The number of nitrogens with zero attached hydrogens (tertiary/aromatic N) is 1. The Hall–Kier alpha value is -0.450. The molecule has 1 aromatic rings. The quantitative estimate of drug-likeness (QED) is 0.899. The van der Waals surface area contributed by atoms with Crippen molar-refractivity contribution in [3.63, 3.8) is 0 Å². The van der Waals surface area contributed by atoms with Gasteiger partial charge in [-0.05, 0) is 25.7 Å². The molecule has 21 heavy (non-hydrogen) atoms. The Labute approximate surface area is 132 Å². The second-order valence-corrected chi connectivity index (χ2v) is 8.55. The maximum Gasteiger partial charge on any atom is 0.122 e. The third kappa shape index (κ3) is 3.66. The Morgan fingerprint density at radius 3 is 2.57 bits per heavy atom. The van der Waals surface area contributed by atoms with E-state index in [1.54, 1.807) is 0 Å². The molecule has 2 heterocycles. The lowest BCUT2D eigenvalue weighted by atomic mass is 9.91. The lowest BCUT2D eigenvalue weighted by Crippen LogP contribution is -2.26. The van der Waals surface area contributed by atoms with Gasteiger partial charge in [-0.2, -0.15) is 0 Å². The van der Waals surface area contributed by atoms with Crippen molar-refractivity contribution in [1.29, 1.82) is 0 Å². The van der Waals surface area contributed by atoms with Crippen LogP contribution < -0.4 is 5.32 Å². The third-order valence-electron chi connectivity index (χ3n) is 4.54. The number of hydrogen-bond donors (Lipinski definition) is 1. The minimum Gasteiger partial charge on any atom is -0.371 e. The summed E-state index contributed by atoms with van der Waals surface area (Å²) in [6, 6.07) is 0.714. The maximum absolute atomic E-state index is 5.83. The van der Waals surface area contributed by atoms with Crippen LogP contribution in [0.25, 0.3) is 0 Å². The van der Waals surface area contributed by atoms with Crippen LogP contribution in [-0.4, -0.2) is 17.6 Å². The summed E-state index contributed by atoms with van der Waals surface area (Å²) in [6.45, 7) is 8.66. The van der Waals surface area contributed by atoms with E-state index in [1.165, 1.54) is 47.7 Å². The molecule has 0 radical (unpaired) electrons. The number of rotatable bonds is 4. The molecule has 118 valence electrons. The maximum atomic E-state index is 5.83. The number of aromatic nitrogens is 1. The van der Waals surface area contributed by atoms with Gasteiger partial charge in [0.1, 0.15) is 11.1 Å². The summed E-state index contributed by atoms with van der Waals surface area (Å²) in [5, 5.41) is 4.94. The molecule has 0 bridgehead atoms. The smallest absolute Gasteiger partial charge is 0.122 e. The molecule has 0 amide bonds. The number of ether oxygens (including phenoxy) is 1. The molecule has 1 unspecified atom stereocenters. The lowest BCUT2D eigenvalue weighted by molar-refractivity contribution is 0.111. The van der Waals surface area contributed by atoms with Crippen molar-refractivity contribution in [2.45, 2.75) is 83.4 Å². The van der Waals surface area contributed by atoms with E-state index in [0.717, 1.165) is 19.6 Å². The summed E-state index contributed by atoms with van der Waals surface area (Å²) < 4.78 is 5.83. The van der Waals surface area contributed by atoms with Gasteiger partial charge in [-0.25, -0.2) is 4.98 Å². The largest absolute Gasteiger partial charge is 0.371 e. The first-order valence-electron chi connectivity index (χ1n) is 8.39.